The monoisotopic (exact) mass is 197 g/mol. The summed E-state index contributed by atoms with van der Waals surface area (Å²) in [5, 5.41) is 8.65. The van der Waals surface area contributed by atoms with Crippen LogP contribution in [0.4, 0.5) is 0 Å². The maximum atomic E-state index is 8.65. The number of nitrogens with zero attached hydrogens (tertiary/aromatic N) is 2. The van der Waals surface area contributed by atoms with Crippen molar-refractivity contribution in [3.63, 3.8) is 0 Å². The van der Waals surface area contributed by atoms with E-state index in [4.69, 9.17) is 5.26 Å². The van der Waals surface area contributed by atoms with Crippen molar-refractivity contribution in [3.05, 3.63) is 59.9 Å². The van der Waals surface area contributed by atoms with Gasteiger partial charge < -0.3 is 5.43 Å². The topological polar surface area (TPSA) is 40.8 Å². The molecule has 0 saturated heterocycles. The van der Waals surface area contributed by atoms with Gasteiger partial charge in [-0.3, -0.25) is 4.68 Å². The highest BCUT2D eigenvalue weighted by atomic mass is 15.4. The Balaban J connectivity index is 1.97. The van der Waals surface area contributed by atoms with Crippen LogP contribution in [0.25, 0.3) is 0 Å². The second-order valence-electron chi connectivity index (χ2n) is 3.24. The Hall–Kier alpha value is -2.21. The Morgan fingerprint density at radius 1 is 1.20 bits per heavy atom. The first-order valence-electron chi connectivity index (χ1n) is 4.74. The van der Waals surface area contributed by atoms with Gasteiger partial charge in [0.1, 0.15) is 6.07 Å². The minimum absolute atomic E-state index is 0.663. The van der Waals surface area contributed by atoms with Gasteiger partial charge in [0, 0.05) is 12.4 Å². The van der Waals surface area contributed by atoms with E-state index in [1.807, 2.05) is 24.4 Å². The lowest BCUT2D eigenvalue weighted by Crippen LogP contribution is -2.11. The van der Waals surface area contributed by atoms with E-state index in [-0.39, 0.29) is 0 Å². The quantitative estimate of drug-likeness (QED) is 0.818. The Labute approximate surface area is 88.6 Å². The predicted molar refractivity (Wildman–Crippen MR) is 58.7 cm³/mol. The van der Waals surface area contributed by atoms with Gasteiger partial charge in [-0.15, -0.1) is 0 Å². The van der Waals surface area contributed by atoms with E-state index in [2.05, 4.69) is 23.6 Å². The third kappa shape index (κ3) is 2.38. The molecule has 74 valence electrons. The van der Waals surface area contributed by atoms with Crippen LogP contribution in [-0.4, -0.2) is 4.68 Å². The number of hydrogen-bond donors (Lipinski definition) is 1. The molecule has 3 nitrogen and oxygen atoms in total. The summed E-state index contributed by atoms with van der Waals surface area (Å²) < 4.78 is 1.80. The fraction of sp³-hybridized carbons (Fsp3) is 0.0833. The maximum Gasteiger partial charge on any atom is 0.101 e. The summed E-state index contributed by atoms with van der Waals surface area (Å²) in [6, 6.07) is 14.0. The summed E-state index contributed by atoms with van der Waals surface area (Å²) in [6.07, 6.45) is 3.60. The van der Waals surface area contributed by atoms with Crippen molar-refractivity contribution < 1.29 is 0 Å². The molecule has 15 heavy (non-hydrogen) atoms. The third-order valence-electron chi connectivity index (χ3n) is 2.13. The fourth-order valence-corrected chi connectivity index (χ4v) is 1.34. The molecule has 0 spiro atoms. The van der Waals surface area contributed by atoms with E-state index in [9.17, 15) is 0 Å². The largest absolute Gasteiger partial charge is 0.322 e. The first-order chi connectivity index (χ1) is 7.38. The van der Waals surface area contributed by atoms with Crippen molar-refractivity contribution in [3.8, 4) is 6.07 Å². The van der Waals surface area contributed by atoms with Crippen molar-refractivity contribution in [1.29, 1.82) is 5.26 Å². The highest BCUT2D eigenvalue weighted by Gasteiger charge is 1.94. The number of nitrogens with one attached hydrogen (secondary N) is 1. The molecule has 0 unspecified atom stereocenters. The molecule has 0 aliphatic rings. The van der Waals surface area contributed by atoms with Gasteiger partial charge in [-0.2, -0.15) is 5.26 Å². The summed E-state index contributed by atoms with van der Waals surface area (Å²) in [5.74, 6) is 0. The average Bonchev–Trinajstić information content (AvgIpc) is 2.76. The van der Waals surface area contributed by atoms with Crippen molar-refractivity contribution in [2.45, 2.75) is 6.54 Å². The lowest BCUT2D eigenvalue weighted by molar-refractivity contribution is 0.846. The Morgan fingerprint density at radius 2 is 2.00 bits per heavy atom. The summed E-state index contributed by atoms with van der Waals surface area (Å²) in [6.45, 7) is 0.750. The van der Waals surface area contributed by atoms with Crippen molar-refractivity contribution in [1.82, 2.24) is 4.68 Å². The van der Waals surface area contributed by atoms with E-state index in [1.165, 1.54) is 5.56 Å². The minimum atomic E-state index is 0.663. The zero-order chi connectivity index (χ0) is 10.5. The molecule has 0 bridgehead atoms. The Bertz CT molecular complexity index is 465. The number of rotatable bonds is 3. The minimum Gasteiger partial charge on any atom is -0.322 e. The predicted octanol–water partition coefficient (Wildman–Crippen LogP) is 2.10. The van der Waals surface area contributed by atoms with Crippen LogP contribution >= 0.6 is 0 Å². The number of aromatic nitrogens is 1. The summed E-state index contributed by atoms with van der Waals surface area (Å²) in [5.41, 5.74) is 5.06. The van der Waals surface area contributed by atoms with Crippen LogP contribution in [0.3, 0.4) is 0 Å². The standard InChI is InChI=1S/C12H11N3/c13-8-12-6-7-15(10-12)14-9-11-4-2-1-3-5-11/h1-7,10,14H,9H2. The Morgan fingerprint density at radius 3 is 2.67 bits per heavy atom. The molecule has 0 atom stereocenters. The van der Waals surface area contributed by atoms with Crippen LogP contribution in [-0.2, 0) is 6.54 Å². The van der Waals surface area contributed by atoms with Crippen LogP contribution in [0.5, 0.6) is 0 Å². The molecular formula is C12H11N3. The van der Waals surface area contributed by atoms with Gasteiger partial charge in [0.15, 0.2) is 0 Å². The SMILES string of the molecule is N#Cc1ccn(NCc2ccccc2)c1. The van der Waals surface area contributed by atoms with Gasteiger partial charge in [0.25, 0.3) is 0 Å². The average molecular weight is 197 g/mol. The van der Waals surface area contributed by atoms with Crippen molar-refractivity contribution in [2.75, 3.05) is 5.43 Å². The molecule has 0 saturated carbocycles. The molecule has 1 N–H and O–H groups in total. The molecule has 0 radical (unpaired) electrons. The third-order valence-corrected chi connectivity index (χ3v) is 2.13. The van der Waals surface area contributed by atoms with E-state index >= 15 is 0 Å². The summed E-state index contributed by atoms with van der Waals surface area (Å²) in [4.78, 5) is 0. The number of nitriles is 1. The van der Waals surface area contributed by atoms with Gasteiger partial charge in [-0.1, -0.05) is 30.3 Å². The van der Waals surface area contributed by atoms with Crippen LogP contribution < -0.4 is 5.43 Å². The molecule has 3 heteroatoms. The molecule has 0 aliphatic carbocycles. The van der Waals surface area contributed by atoms with E-state index < -0.39 is 0 Å². The molecule has 1 aromatic carbocycles. The van der Waals surface area contributed by atoms with E-state index in [1.54, 1.807) is 16.9 Å². The van der Waals surface area contributed by atoms with Crippen LogP contribution in [0.15, 0.2) is 48.8 Å². The molecule has 1 aromatic heterocycles. The lowest BCUT2D eigenvalue weighted by Gasteiger charge is -2.06. The van der Waals surface area contributed by atoms with Crippen molar-refractivity contribution >= 4 is 0 Å². The number of hydrogen-bond acceptors (Lipinski definition) is 2. The van der Waals surface area contributed by atoms with E-state index in [0.29, 0.717) is 5.56 Å². The molecule has 2 aromatic rings. The van der Waals surface area contributed by atoms with Gasteiger partial charge in [0.05, 0.1) is 12.1 Å². The van der Waals surface area contributed by atoms with Crippen LogP contribution in [0.2, 0.25) is 0 Å². The van der Waals surface area contributed by atoms with Gasteiger partial charge in [-0.25, -0.2) is 0 Å². The molecule has 1 heterocycles. The van der Waals surface area contributed by atoms with E-state index in [0.717, 1.165) is 6.54 Å². The summed E-state index contributed by atoms with van der Waals surface area (Å²) >= 11 is 0. The lowest BCUT2D eigenvalue weighted by atomic mass is 10.2. The highest BCUT2D eigenvalue weighted by Crippen LogP contribution is 2.00. The maximum absolute atomic E-state index is 8.65. The highest BCUT2D eigenvalue weighted by molar-refractivity contribution is 5.26. The molecular weight excluding hydrogens is 186 g/mol. The van der Waals surface area contributed by atoms with Gasteiger partial charge >= 0.3 is 0 Å². The molecule has 2 rings (SSSR count). The smallest absolute Gasteiger partial charge is 0.101 e. The first-order valence-corrected chi connectivity index (χ1v) is 4.74. The van der Waals surface area contributed by atoms with Crippen LogP contribution in [0, 0.1) is 11.3 Å². The molecule has 0 amide bonds. The zero-order valence-corrected chi connectivity index (χ0v) is 8.22. The zero-order valence-electron chi connectivity index (χ0n) is 8.22. The molecule has 0 aliphatic heterocycles. The Kier molecular flexibility index (Phi) is 2.70. The summed E-state index contributed by atoms with van der Waals surface area (Å²) in [7, 11) is 0. The molecule has 0 fully saturated rings. The fourth-order valence-electron chi connectivity index (χ4n) is 1.34. The second-order valence-corrected chi connectivity index (χ2v) is 3.24. The number of benzene rings is 1. The second kappa shape index (κ2) is 4.34. The van der Waals surface area contributed by atoms with Crippen LogP contribution in [0.1, 0.15) is 11.1 Å². The van der Waals surface area contributed by atoms with Gasteiger partial charge in [-0.05, 0) is 11.6 Å². The normalized spacial score (nSPS) is 9.53. The first kappa shape index (κ1) is 9.35. The van der Waals surface area contributed by atoms with Gasteiger partial charge in [0.2, 0.25) is 0 Å². The van der Waals surface area contributed by atoms with Crippen molar-refractivity contribution in [2.24, 2.45) is 0 Å².